The third-order valence-electron chi connectivity index (χ3n) is 6.21. The van der Waals surface area contributed by atoms with E-state index in [0.717, 1.165) is 50.6 Å². The van der Waals surface area contributed by atoms with Crippen LogP contribution in [0.15, 0.2) is 72.3 Å². The van der Waals surface area contributed by atoms with Gasteiger partial charge in [0.15, 0.2) is 5.78 Å². The van der Waals surface area contributed by atoms with Crippen LogP contribution in [0, 0.1) is 5.92 Å². The largest absolute Gasteiger partial charge is 0.326 e. The highest BCUT2D eigenvalue weighted by atomic mass is 35.5. The first-order valence-electron chi connectivity index (χ1n) is 10.0. The summed E-state index contributed by atoms with van der Waals surface area (Å²) in [4.78, 5) is 14.1. The van der Waals surface area contributed by atoms with Gasteiger partial charge in [0, 0.05) is 17.1 Å². The molecule has 2 aliphatic carbocycles. The minimum Gasteiger partial charge on any atom is -0.326 e. The predicted octanol–water partition coefficient (Wildman–Crippen LogP) is 6.28. The summed E-state index contributed by atoms with van der Waals surface area (Å²) in [5, 5.41) is 2.69. The zero-order valence-corrected chi connectivity index (χ0v) is 17.0. The molecule has 5 rings (SSSR count). The number of nitrogens with two attached hydrogens (primary N) is 1. The number of carbonyl (C=O) groups is 1. The van der Waals surface area contributed by atoms with Crippen LogP contribution >= 0.6 is 11.6 Å². The number of hydrogen-bond donors (Lipinski definition) is 1. The van der Waals surface area contributed by atoms with E-state index < -0.39 is 0 Å². The molecule has 3 aromatic carbocycles. The highest BCUT2D eigenvalue weighted by Crippen LogP contribution is 2.49. The Kier molecular flexibility index (Phi) is 4.42. The monoisotopic (exact) mass is 399 g/mol. The van der Waals surface area contributed by atoms with E-state index >= 15 is 0 Å². The first-order chi connectivity index (χ1) is 14.1. The molecule has 2 nitrogen and oxygen atoms in total. The van der Waals surface area contributed by atoms with Gasteiger partial charge in [0.05, 0.1) is 5.92 Å². The number of Topliss-reactive ketones (excluding diaryl/α,β-unsaturated/α-hetero) is 1. The lowest BCUT2D eigenvalue weighted by Crippen LogP contribution is -2.26. The maximum atomic E-state index is 14.1. The van der Waals surface area contributed by atoms with Crippen LogP contribution in [-0.4, -0.2) is 5.78 Å². The molecular formula is C26H22ClNO. The fourth-order valence-corrected chi connectivity index (χ4v) is 5.18. The molecule has 0 radical (unpaired) electrons. The van der Waals surface area contributed by atoms with Crippen molar-refractivity contribution < 1.29 is 4.79 Å². The van der Waals surface area contributed by atoms with Crippen molar-refractivity contribution in [2.24, 2.45) is 11.7 Å². The number of allylic oxidation sites excluding steroid dienone is 4. The second-order valence-corrected chi connectivity index (χ2v) is 8.41. The van der Waals surface area contributed by atoms with E-state index in [4.69, 9.17) is 17.3 Å². The van der Waals surface area contributed by atoms with Gasteiger partial charge in [-0.05, 0) is 57.0 Å². The molecule has 3 heteroatoms. The summed E-state index contributed by atoms with van der Waals surface area (Å²) in [5.41, 5.74) is 12.0. The van der Waals surface area contributed by atoms with Crippen molar-refractivity contribution in [2.75, 3.05) is 0 Å². The van der Waals surface area contributed by atoms with E-state index in [1.807, 2.05) is 36.4 Å². The van der Waals surface area contributed by atoms with Gasteiger partial charge >= 0.3 is 0 Å². The van der Waals surface area contributed by atoms with Crippen LogP contribution in [0.3, 0.4) is 0 Å². The van der Waals surface area contributed by atoms with Crippen LogP contribution < -0.4 is 5.73 Å². The number of carbonyl (C=O) groups excluding carboxylic acids is 1. The summed E-state index contributed by atoms with van der Waals surface area (Å²) >= 11 is 6.67. The fourth-order valence-electron chi connectivity index (χ4n) is 4.88. The Hall–Kier alpha value is -2.68. The molecule has 0 fully saturated rings. The van der Waals surface area contributed by atoms with Gasteiger partial charge in [-0.3, -0.25) is 4.79 Å². The van der Waals surface area contributed by atoms with Crippen LogP contribution in [0.1, 0.15) is 46.3 Å². The van der Waals surface area contributed by atoms with Crippen LogP contribution in [-0.2, 0) is 6.54 Å². The van der Waals surface area contributed by atoms with Gasteiger partial charge < -0.3 is 5.73 Å². The van der Waals surface area contributed by atoms with Crippen molar-refractivity contribution >= 4 is 33.7 Å². The normalized spacial score (nSPS) is 20.7. The molecule has 2 aliphatic rings. The van der Waals surface area contributed by atoms with E-state index in [-0.39, 0.29) is 11.7 Å². The maximum absolute atomic E-state index is 14.1. The first-order valence-corrected chi connectivity index (χ1v) is 10.4. The molecule has 0 bridgehead atoms. The SMILES string of the molecule is CC1C=CC2=C(C1)C(c1c(Cl)cccc1CN)C(=O)c1c2ccc2ccccc12. The molecule has 0 heterocycles. The van der Waals surface area contributed by atoms with Gasteiger partial charge in [0.2, 0.25) is 0 Å². The summed E-state index contributed by atoms with van der Waals surface area (Å²) in [6.07, 6.45) is 5.28. The van der Waals surface area contributed by atoms with E-state index in [1.165, 1.54) is 0 Å². The number of rotatable bonds is 2. The van der Waals surface area contributed by atoms with E-state index in [9.17, 15) is 4.79 Å². The molecule has 0 saturated heterocycles. The molecule has 144 valence electrons. The Bertz CT molecular complexity index is 1220. The quantitative estimate of drug-likeness (QED) is 0.550. The van der Waals surface area contributed by atoms with Gasteiger partial charge in [-0.1, -0.05) is 79.2 Å². The highest BCUT2D eigenvalue weighted by Gasteiger charge is 2.38. The molecule has 2 atom stereocenters. The molecule has 2 unspecified atom stereocenters. The van der Waals surface area contributed by atoms with Gasteiger partial charge in [0.25, 0.3) is 0 Å². The van der Waals surface area contributed by atoms with Gasteiger partial charge in [-0.15, -0.1) is 0 Å². The van der Waals surface area contributed by atoms with Crippen LogP contribution in [0.4, 0.5) is 0 Å². The number of ketones is 1. The lowest BCUT2D eigenvalue weighted by atomic mass is 9.68. The zero-order valence-electron chi connectivity index (χ0n) is 16.3. The van der Waals surface area contributed by atoms with Crippen LogP contribution in [0.2, 0.25) is 5.02 Å². The van der Waals surface area contributed by atoms with Gasteiger partial charge in [-0.2, -0.15) is 0 Å². The van der Waals surface area contributed by atoms with Gasteiger partial charge in [0.1, 0.15) is 0 Å². The smallest absolute Gasteiger partial charge is 0.175 e. The summed E-state index contributed by atoms with van der Waals surface area (Å²) in [7, 11) is 0. The molecular weight excluding hydrogens is 378 g/mol. The number of halogens is 1. The van der Waals surface area contributed by atoms with Crippen molar-refractivity contribution in [1.82, 2.24) is 0 Å². The molecule has 29 heavy (non-hydrogen) atoms. The zero-order chi connectivity index (χ0) is 20.1. The lowest BCUT2D eigenvalue weighted by Gasteiger charge is -2.34. The van der Waals surface area contributed by atoms with Gasteiger partial charge in [-0.25, -0.2) is 0 Å². The Morgan fingerprint density at radius 3 is 2.72 bits per heavy atom. The fraction of sp³-hybridized carbons (Fsp3) is 0.192. The molecule has 0 aromatic heterocycles. The van der Waals surface area contributed by atoms with Crippen molar-refractivity contribution in [3.8, 4) is 0 Å². The van der Waals surface area contributed by atoms with Crippen molar-refractivity contribution in [1.29, 1.82) is 0 Å². The molecule has 0 spiro atoms. The molecule has 2 N–H and O–H groups in total. The summed E-state index contributed by atoms with van der Waals surface area (Å²) in [6.45, 7) is 2.55. The second kappa shape index (κ2) is 6.98. The predicted molar refractivity (Wildman–Crippen MR) is 120 cm³/mol. The summed E-state index contributed by atoms with van der Waals surface area (Å²) in [6, 6.07) is 18.1. The standard InChI is InChI=1S/C26H22ClNO/c1-15-9-11-19-20-12-10-16-5-2-3-7-18(16)24(20)26(29)25(21(19)13-15)23-17(14-28)6-4-8-22(23)27/h2-12,15,25H,13-14,28H2,1H3. The Balaban J connectivity index is 1.86. The first kappa shape index (κ1) is 18.4. The Morgan fingerprint density at radius 1 is 1.07 bits per heavy atom. The third kappa shape index (κ3) is 2.78. The topological polar surface area (TPSA) is 43.1 Å². The Labute approximate surface area is 175 Å². The molecule has 0 amide bonds. The maximum Gasteiger partial charge on any atom is 0.175 e. The van der Waals surface area contributed by atoms with Crippen LogP contribution in [0.25, 0.3) is 16.3 Å². The van der Waals surface area contributed by atoms with E-state index in [0.29, 0.717) is 17.5 Å². The molecule has 0 aliphatic heterocycles. The second-order valence-electron chi connectivity index (χ2n) is 8.00. The highest BCUT2D eigenvalue weighted by molar-refractivity contribution is 6.32. The number of fused-ring (bicyclic) bond motifs is 4. The average molecular weight is 400 g/mol. The van der Waals surface area contributed by atoms with Crippen molar-refractivity contribution in [3.63, 3.8) is 0 Å². The van der Waals surface area contributed by atoms with E-state index in [2.05, 4.69) is 37.3 Å². The third-order valence-corrected chi connectivity index (χ3v) is 6.54. The summed E-state index contributed by atoms with van der Waals surface area (Å²) in [5.74, 6) is 0.124. The van der Waals surface area contributed by atoms with Crippen molar-refractivity contribution in [2.45, 2.75) is 25.8 Å². The minimum absolute atomic E-state index is 0.126. The average Bonchev–Trinajstić information content (AvgIpc) is 2.74. The summed E-state index contributed by atoms with van der Waals surface area (Å²) < 4.78 is 0. The van der Waals surface area contributed by atoms with Crippen LogP contribution in [0.5, 0.6) is 0 Å². The minimum atomic E-state index is -0.386. The lowest BCUT2D eigenvalue weighted by molar-refractivity contribution is 0.0970. The molecule has 0 saturated carbocycles. The number of benzene rings is 3. The van der Waals surface area contributed by atoms with E-state index in [1.54, 1.807) is 0 Å². The Morgan fingerprint density at radius 2 is 1.90 bits per heavy atom. The van der Waals surface area contributed by atoms with Crippen molar-refractivity contribution in [3.05, 3.63) is 99.6 Å². The number of hydrogen-bond acceptors (Lipinski definition) is 2. The molecule has 3 aromatic rings.